The monoisotopic (exact) mass is 409 g/mol. The quantitative estimate of drug-likeness (QED) is 0.559. The Morgan fingerprint density at radius 1 is 0.880 bits per heavy atom. The summed E-state index contributed by atoms with van der Waals surface area (Å²) in [6.45, 7) is 2.05. The molecule has 25 heavy (non-hydrogen) atoms. The van der Waals surface area contributed by atoms with Crippen molar-refractivity contribution in [3.63, 3.8) is 0 Å². The molecule has 1 aliphatic rings. The van der Waals surface area contributed by atoms with Gasteiger partial charge in [-0.1, -0.05) is 0 Å². The van der Waals surface area contributed by atoms with E-state index in [1.165, 1.54) is 37.6 Å². The van der Waals surface area contributed by atoms with Crippen LogP contribution >= 0.6 is 15.9 Å². The van der Waals surface area contributed by atoms with Crippen LogP contribution in [-0.4, -0.2) is 32.9 Å². The zero-order valence-electron chi connectivity index (χ0n) is 13.2. The molecule has 10 heteroatoms. The predicted molar refractivity (Wildman–Crippen MR) is 95.5 cm³/mol. The summed E-state index contributed by atoms with van der Waals surface area (Å²) in [5, 5.41) is 20.5. The van der Waals surface area contributed by atoms with Crippen LogP contribution in [0, 0.1) is 20.2 Å². The predicted octanol–water partition coefficient (Wildman–Crippen LogP) is 3.73. The molecule has 1 fully saturated rings. The third kappa shape index (κ3) is 5.75. The van der Waals surface area contributed by atoms with Crippen LogP contribution in [0.4, 0.5) is 17.3 Å². The highest BCUT2D eigenvalue weighted by atomic mass is 79.9. The van der Waals surface area contributed by atoms with Crippen LogP contribution in [0.2, 0.25) is 0 Å². The third-order valence-electron chi connectivity index (χ3n) is 3.54. The molecule has 1 saturated heterocycles. The molecule has 9 nitrogen and oxygen atoms in total. The molecule has 0 aromatic carbocycles. The molecule has 0 aliphatic carbocycles. The zero-order chi connectivity index (χ0) is 18.2. The fourth-order valence-electron chi connectivity index (χ4n) is 2.30. The van der Waals surface area contributed by atoms with Gasteiger partial charge in [0.25, 0.3) is 0 Å². The van der Waals surface area contributed by atoms with Crippen molar-refractivity contribution in [1.82, 2.24) is 9.97 Å². The van der Waals surface area contributed by atoms with E-state index in [9.17, 15) is 20.2 Å². The number of piperidine rings is 1. The summed E-state index contributed by atoms with van der Waals surface area (Å²) < 4.78 is 0.734. The van der Waals surface area contributed by atoms with Gasteiger partial charge in [-0.05, 0) is 67.1 Å². The second kappa shape index (κ2) is 9.02. The van der Waals surface area contributed by atoms with Gasteiger partial charge in [0.2, 0.25) is 0 Å². The molecule has 2 aromatic rings. The lowest BCUT2D eigenvalue weighted by Gasteiger charge is -2.27. The summed E-state index contributed by atoms with van der Waals surface area (Å²) in [5.74, 6) is -0.223. The number of anilines is 1. The Kier molecular flexibility index (Phi) is 6.75. The maximum atomic E-state index is 10.4. The highest BCUT2D eigenvalue weighted by molar-refractivity contribution is 9.10. The normalized spacial score (nSPS) is 13.6. The fourth-order valence-corrected chi connectivity index (χ4v) is 2.54. The highest BCUT2D eigenvalue weighted by Gasteiger charge is 2.14. The second-order valence-corrected chi connectivity index (χ2v) is 6.19. The van der Waals surface area contributed by atoms with Crippen molar-refractivity contribution in [3.8, 4) is 0 Å². The highest BCUT2D eigenvalue weighted by Crippen LogP contribution is 2.20. The van der Waals surface area contributed by atoms with Gasteiger partial charge in [-0.25, -0.2) is 0 Å². The van der Waals surface area contributed by atoms with Crippen LogP contribution < -0.4 is 4.90 Å². The molecule has 1 aliphatic heterocycles. The number of aromatic nitrogens is 2. The topological polar surface area (TPSA) is 115 Å². The molecular weight excluding hydrogens is 394 g/mol. The van der Waals surface area contributed by atoms with Crippen LogP contribution in [0.3, 0.4) is 0 Å². The van der Waals surface area contributed by atoms with Crippen LogP contribution in [0.1, 0.15) is 19.3 Å². The second-order valence-electron chi connectivity index (χ2n) is 5.27. The fraction of sp³-hybridized carbons (Fsp3) is 0.333. The third-order valence-corrected chi connectivity index (χ3v) is 4.01. The van der Waals surface area contributed by atoms with Gasteiger partial charge in [-0.3, -0.25) is 0 Å². The summed E-state index contributed by atoms with van der Waals surface area (Å²) in [5.41, 5.74) is 0.986. The van der Waals surface area contributed by atoms with E-state index < -0.39 is 9.85 Å². The van der Waals surface area contributed by atoms with Crippen molar-refractivity contribution in [2.24, 2.45) is 0 Å². The molecule has 0 spiro atoms. The molecular formula is C15H16BrN5O4. The van der Waals surface area contributed by atoms with Crippen molar-refractivity contribution in [2.75, 3.05) is 18.0 Å². The summed E-state index contributed by atoms with van der Waals surface area (Å²) in [4.78, 5) is 29.0. The largest absolute Gasteiger partial charge is 0.368 e. The van der Waals surface area contributed by atoms with E-state index in [2.05, 4.69) is 30.8 Å². The molecule has 3 rings (SSSR count). The van der Waals surface area contributed by atoms with E-state index in [1.54, 1.807) is 18.3 Å². The maximum Gasteiger partial charge on any atom is 0.363 e. The average molecular weight is 410 g/mol. The number of rotatable bonds is 3. The lowest BCUT2D eigenvalue weighted by molar-refractivity contribution is -0.389. The molecule has 0 bridgehead atoms. The van der Waals surface area contributed by atoms with Gasteiger partial charge in [-0.2, -0.15) is 0 Å². The van der Waals surface area contributed by atoms with E-state index in [0.717, 1.165) is 23.2 Å². The standard InChI is InChI=1S/C10H13N3O2.C5H3BrN2O2/c14-13(15)10-5-4-9(8-11-10)12-6-2-1-3-7-12;6-4-1-2-5(7-3-4)8(9)10/h4-5,8H,1-3,6-7H2;1-3H. The van der Waals surface area contributed by atoms with E-state index in [0.29, 0.717) is 0 Å². The Bertz CT molecular complexity index is 718. The van der Waals surface area contributed by atoms with Gasteiger partial charge in [0.15, 0.2) is 12.4 Å². The van der Waals surface area contributed by atoms with Crippen molar-refractivity contribution in [2.45, 2.75) is 19.3 Å². The van der Waals surface area contributed by atoms with Gasteiger partial charge >= 0.3 is 11.6 Å². The minimum absolute atomic E-state index is 0.0873. The molecule has 3 heterocycles. The number of pyridine rings is 2. The number of halogens is 1. The molecule has 0 unspecified atom stereocenters. The van der Waals surface area contributed by atoms with E-state index in [1.807, 2.05) is 0 Å². The first kappa shape index (κ1) is 18.7. The minimum Gasteiger partial charge on any atom is -0.368 e. The number of nitro groups is 2. The summed E-state index contributed by atoms with van der Waals surface area (Å²) in [6.07, 6.45) is 6.63. The first-order valence-corrected chi connectivity index (χ1v) is 8.38. The van der Waals surface area contributed by atoms with Gasteiger partial charge < -0.3 is 25.1 Å². The van der Waals surface area contributed by atoms with Gasteiger partial charge in [0.1, 0.15) is 0 Å². The molecule has 132 valence electrons. The Morgan fingerprint density at radius 3 is 1.88 bits per heavy atom. The molecule has 0 radical (unpaired) electrons. The average Bonchev–Trinajstić information content (AvgIpc) is 2.63. The lowest BCUT2D eigenvalue weighted by atomic mass is 10.1. The molecule has 0 amide bonds. The van der Waals surface area contributed by atoms with Crippen LogP contribution in [0.5, 0.6) is 0 Å². The lowest BCUT2D eigenvalue weighted by Crippen LogP contribution is -2.29. The van der Waals surface area contributed by atoms with Crippen LogP contribution in [0.15, 0.2) is 41.1 Å². The Balaban J connectivity index is 0.000000196. The number of hydrogen-bond donors (Lipinski definition) is 0. The summed E-state index contributed by atoms with van der Waals surface area (Å²) in [6, 6.07) is 6.15. The van der Waals surface area contributed by atoms with Crippen molar-refractivity contribution in [1.29, 1.82) is 0 Å². The van der Waals surface area contributed by atoms with Gasteiger partial charge in [0.05, 0.1) is 10.2 Å². The van der Waals surface area contributed by atoms with Gasteiger partial charge in [0, 0.05) is 25.2 Å². The number of hydrogen-bond acceptors (Lipinski definition) is 7. The van der Waals surface area contributed by atoms with Gasteiger partial charge in [-0.15, -0.1) is 0 Å². The Labute approximate surface area is 152 Å². The zero-order valence-corrected chi connectivity index (χ0v) is 14.8. The summed E-state index contributed by atoms with van der Waals surface area (Å²) in [7, 11) is 0. The van der Waals surface area contributed by atoms with Crippen LogP contribution in [-0.2, 0) is 0 Å². The van der Waals surface area contributed by atoms with E-state index in [4.69, 9.17) is 0 Å². The first-order valence-electron chi connectivity index (χ1n) is 7.58. The molecule has 0 saturated carbocycles. The van der Waals surface area contributed by atoms with Crippen LogP contribution in [0.25, 0.3) is 0 Å². The summed E-state index contributed by atoms with van der Waals surface area (Å²) >= 11 is 3.11. The smallest absolute Gasteiger partial charge is 0.363 e. The van der Waals surface area contributed by atoms with Crippen molar-refractivity contribution < 1.29 is 9.85 Å². The number of nitrogens with zero attached hydrogens (tertiary/aromatic N) is 5. The van der Waals surface area contributed by atoms with Crippen molar-refractivity contribution >= 4 is 33.3 Å². The Morgan fingerprint density at radius 2 is 1.44 bits per heavy atom. The Hall–Kier alpha value is -2.62. The molecule has 0 N–H and O–H groups in total. The van der Waals surface area contributed by atoms with Crippen molar-refractivity contribution in [3.05, 3.63) is 61.4 Å². The van der Waals surface area contributed by atoms with E-state index in [-0.39, 0.29) is 11.6 Å². The SMILES string of the molecule is O=[N+]([O-])c1ccc(Br)cn1.O=[N+]([O-])c1ccc(N2CCCCC2)cn1. The first-order chi connectivity index (χ1) is 12.0. The maximum absolute atomic E-state index is 10.4. The minimum atomic E-state index is -0.535. The van der Waals surface area contributed by atoms with E-state index >= 15 is 0 Å². The molecule has 0 atom stereocenters. The molecule has 2 aromatic heterocycles.